The Balaban J connectivity index is 0.000000513. The third-order valence-electron chi connectivity index (χ3n) is 5.63. The van der Waals surface area contributed by atoms with Gasteiger partial charge in [-0.05, 0) is 62.6 Å². The fraction of sp³-hybridized carbons (Fsp3) is 0.360. The van der Waals surface area contributed by atoms with Crippen LogP contribution in [0.2, 0.25) is 0 Å². The van der Waals surface area contributed by atoms with Crippen LogP contribution in [0.5, 0.6) is 0 Å². The molecule has 166 valence electrons. The Morgan fingerprint density at radius 2 is 1.87 bits per heavy atom. The highest BCUT2D eigenvalue weighted by atomic mass is 16.2. The summed E-state index contributed by atoms with van der Waals surface area (Å²) in [5.41, 5.74) is 7.49. The van der Waals surface area contributed by atoms with Gasteiger partial charge in [-0.2, -0.15) is 0 Å². The highest BCUT2D eigenvalue weighted by molar-refractivity contribution is 5.88. The predicted molar refractivity (Wildman–Crippen MR) is 129 cm³/mol. The number of rotatable bonds is 3. The molecule has 1 aliphatic heterocycles. The fourth-order valence-electron chi connectivity index (χ4n) is 3.74. The van der Waals surface area contributed by atoms with Crippen molar-refractivity contribution < 1.29 is 4.79 Å². The molecule has 4 N–H and O–H groups in total. The number of hydrogen-bond acceptors (Lipinski definition) is 3. The lowest BCUT2D eigenvalue weighted by atomic mass is 9.76. The molecule has 0 radical (unpaired) electrons. The van der Waals surface area contributed by atoms with Crippen LogP contribution >= 0.6 is 0 Å². The maximum absolute atomic E-state index is 12.7. The number of benzene rings is 1. The highest BCUT2D eigenvalue weighted by Crippen LogP contribution is 2.30. The van der Waals surface area contributed by atoms with E-state index in [1.807, 2.05) is 38.4 Å². The molecule has 3 heterocycles. The molecular weight excluding hydrogens is 388 g/mol. The topological polar surface area (TPSA) is 92.9 Å². The Labute approximate surface area is 184 Å². The average molecular weight is 423 g/mol. The van der Waals surface area contributed by atoms with E-state index in [1.165, 1.54) is 0 Å². The van der Waals surface area contributed by atoms with Crippen molar-refractivity contribution in [1.82, 2.24) is 14.9 Å². The number of aryl methyl sites for hydroxylation is 1. The van der Waals surface area contributed by atoms with Crippen molar-refractivity contribution in [3.63, 3.8) is 0 Å². The second-order valence-electron chi connectivity index (χ2n) is 7.80. The summed E-state index contributed by atoms with van der Waals surface area (Å²) in [7, 11) is 2.01. The average Bonchev–Trinajstić information content (AvgIpc) is 3.17. The van der Waals surface area contributed by atoms with E-state index in [0.29, 0.717) is 18.5 Å². The van der Waals surface area contributed by atoms with Crippen molar-refractivity contribution in [3.8, 4) is 11.3 Å². The second kappa shape index (κ2) is 10.8. The van der Waals surface area contributed by atoms with E-state index in [4.69, 9.17) is 5.73 Å². The zero-order chi connectivity index (χ0) is 23.0. The van der Waals surface area contributed by atoms with Crippen molar-refractivity contribution in [1.29, 1.82) is 0 Å². The summed E-state index contributed by atoms with van der Waals surface area (Å²) in [6.45, 7) is 11.4. The fourth-order valence-corrected chi connectivity index (χ4v) is 3.74. The van der Waals surface area contributed by atoms with Crippen LogP contribution in [0.25, 0.3) is 22.2 Å². The SMILES string of the molecule is C=C.CCCN.Cn1ccc2cc(-c3ccc(C4(C)CCCNC4=O)c(=O)[nH]3)ccc21. The van der Waals surface area contributed by atoms with Crippen molar-refractivity contribution >= 4 is 16.8 Å². The molecule has 6 nitrogen and oxygen atoms in total. The van der Waals surface area contributed by atoms with E-state index >= 15 is 0 Å². The van der Waals surface area contributed by atoms with Crippen LogP contribution in [0, 0.1) is 0 Å². The number of fused-ring (bicyclic) bond motifs is 1. The molecule has 1 amide bonds. The number of piperidine rings is 1. The third kappa shape index (κ3) is 5.14. The Kier molecular flexibility index (Phi) is 8.39. The minimum Gasteiger partial charge on any atom is -0.355 e. The normalized spacial score (nSPS) is 17.7. The quantitative estimate of drug-likeness (QED) is 0.560. The first kappa shape index (κ1) is 24.2. The van der Waals surface area contributed by atoms with Gasteiger partial charge in [0, 0.05) is 41.9 Å². The summed E-state index contributed by atoms with van der Waals surface area (Å²) in [6.07, 6.45) is 4.69. The lowest BCUT2D eigenvalue weighted by Gasteiger charge is -2.32. The van der Waals surface area contributed by atoms with Gasteiger partial charge in [-0.3, -0.25) is 9.59 Å². The van der Waals surface area contributed by atoms with E-state index in [1.54, 1.807) is 6.07 Å². The Morgan fingerprint density at radius 3 is 2.48 bits per heavy atom. The van der Waals surface area contributed by atoms with Gasteiger partial charge >= 0.3 is 0 Å². The summed E-state index contributed by atoms with van der Waals surface area (Å²) in [4.78, 5) is 28.0. The predicted octanol–water partition coefficient (Wildman–Crippen LogP) is 3.86. The number of carbonyl (C=O) groups is 1. The number of pyridine rings is 1. The number of nitrogens with one attached hydrogen (secondary N) is 2. The second-order valence-corrected chi connectivity index (χ2v) is 7.80. The Morgan fingerprint density at radius 1 is 1.16 bits per heavy atom. The molecule has 0 spiro atoms. The van der Waals surface area contributed by atoms with Gasteiger partial charge in [0.15, 0.2) is 0 Å². The van der Waals surface area contributed by atoms with Gasteiger partial charge in [0.2, 0.25) is 5.91 Å². The molecule has 31 heavy (non-hydrogen) atoms. The number of nitrogens with two attached hydrogens (primary N) is 1. The van der Waals surface area contributed by atoms with Crippen molar-refractivity contribution in [2.45, 2.75) is 38.5 Å². The van der Waals surface area contributed by atoms with Gasteiger partial charge in [-0.25, -0.2) is 0 Å². The molecule has 1 aromatic carbocycles. The number of nitrogens with zero attached hydrogens (tertiary/aromatic N) is 1. The number of carbonyl (C=O) groups excluding carboxylic acids is 1. The molecule has 1 saturated heterocycles. The third-order valence-corrected chi connectivity index (χ3v) is 5.63. The van der Waals surface area contributed by atoms with Crippen LogP contribution in [0.4, 0.5) is 0 Å². The maximum Gasteiger partial charge on any atom is 0.252 e. The van der Waals surface area contributed by atoms with Crippen molar-refractivity contribution in [2.75, 3.05) is 13.1 Å². The van der Waals surface area contributed by atoms with Crippen LogP contribution in [-0.4, -0.2) is 28.5 Å². The van der Waals surface area contributed by atoms with E-state index in [2.05, 4.69) is 47.1 Å². The van der Waals surface area contributed by atoms with Gasteiger partial charge in [0.05, 0.1) is 5.41 Å². The lowest BCUT2D eigenvalue weighted by Crippen LogP contribution is -2.49. The lowest BCUT2D eigenvalue weighted by molar-refractivity contribution is -0.128. The molecule has 0 aliphatic carbocycles. The van der Waals surface area contributed by atoms with E-state index in [9.17, 15) is 9.59 Å². The van der Waals surface area contributed by atoms with Gasteiger partial charge in [0.25, 0.3) is 5.56 Å². The van der Waals surface area contributed by atoms with Gasteiger partial charge in [-0.15, -0.1) is 13.2 Å². The molecule has 2 aromatic heterocycles. The molecular formula is C25H34N4O2. The molecule has 3 aromatic rings. The van der Waals surface area contributed by atoms with Crippen molar-refractivity contribution in [3.05, 3.63) is 71.7 Å². The summed E-state index contributed by atoms with van der Waals surface area (Å²) in [5, 5.41) is 4.00. The molecule has 1 unspecified atom stereocenters. The van der Waals surface area contributed by atoms with Crippen LogP contribution in [0.15, 0.2) is 60.5 Å². The van der Waals surface area contributed by atoms with Gasteiger partial charge in [-0.1, -0.05) is 19.1 Å². The molecule has 1 aliphatic rings. The van der Waals surface area contributed by atoms with E-state index in [0.717, 1.165) is 41.5 Å². The zero-order valence-electron chi connectivity index (χ0n) is 18.8. The maximum atomic E-state index is 12.7. The standard InChI is InChI=1S/C20H21N3O2.C3H9N.C2H4/c1-20(9-3-10-21-19(20)25)15-5-6-16(22-18(15)24)13-4-7-17-14(12-13)8-11-23(17)2;1-2-3-4;1-2/h4-8,11-12H,3,9-10H2,1-2H3,(H,21,25)(H,22,24);2-4H2,1H3;1-2H2. The summed E-state index contributed by atoms with van der Waals surface area (Å²) in [6, 6.07) is 11.9. The molecule has 1 fully saturated rings. The van der Waals surface area contributed by atoms with Gasteiger partial charge in [0.1, 0.15) is 0 Å². The Bertz CT molecular complexity index is 1080. The van der Waals surface area contributed by atoms with E-state index in [-0.39, 0.29) is 11.5 Å². The summed E-state index contributed by atoms with van der Waals surface area (Å²) >= 11 is 0. The first-order valence-electron chi connectivity index (χ1n) is 10.7. The van der Waals surface area contributed by atoms with Crippen LogP contribution in [0.3, 0.4) is 0 Å². The Hall–Kier alpha value is -3.12. The van der Waals surface area contributed by atoms with Crippen LogP contribution in [0.1, 0.15) is 38.7 Å². The highest BCUT2D eigenvalue weighted by Gasteiger charge is 2.39. The molecule has 6 heteroatoms. The smallest absolute Gasteiger partial charge is 0.252 e. The summed E-state index contributed by atoms with van der Waals surface area (Å²) < 4.78 is 2.06. The van der Waals surface area contributed by atoms with E-state index < -0.39 is 5.41 Å². The number of aromatic amines is 1. The van der Waals surface area contributed by atoms with Crippen LogP contribution < -0.4 is 16.6 Å². The molecule has 0 saturated carbocycles. The monoisotopic (exact) mass is 422 g/mol. The minimum absolute atomic E-state index is 0.0669. The minimum atomic E-state index is -0.756. The van der Waals surface area contributed by atoms with Crippen LogP contribution in [-0.2, 0) is 17.3 Å². The number of hydrogen-bond donors (Lipinski definition) is 3. The first-order chi connectivity index (χ1) is 14.9. The number of aromatic nitrogens is 2. The molecule has 0 bridgehead atoms. The molecule has 4 rings (SSSR count). The number of amides is 1. The molecule has 1 atom stereocenters. The van der Waals surface area contributed by atoms with Gasteiger partial charge < -0.3 is 20.6 Å². The largest absolute Gasteiger partial charge is 0.355 e. The zero-order valence-corrected chi connectivity index (χ0v) is 18.8. The van der Waals surface area contributed by atoms with Crippen molar-refractivity contribution in [2.24, 2.45) is 12.8 Å². The number of H-pyrrole nitrogens is 1. The first-order valence-corrected chi connectivity index (χ1v) is 10.7. The summed E-state index contributed by atoms with van der Waals surface area (Å²) in [5.74, 6) is -0.0669.